The molecule has 0 bridgehead atoms. The van der Waals surface area contributed by atoms with E-state index in [1.54, 1.807) is 0 Å². The van der Waals surface area contributed by atoms with Gasteiger partial charge < -0.3 is 14.8 Å². The number of hydrogen-bond donors (Lipinski definition) is 1. The van der Waals surface area contributed by atoms with Gasteiger partial charge in [0.05, 0.1) is 0 Å². The highest BCUT2D eigenvalue weighted by Gasteiger charge is 2.18. The number of rotatable bonds is 6. The number of halogens is 1. The number of piperidine rings is 1. The summed E-state index contributed by atoms with van der Waals surface area (Å²) in [5, 5.41) is 4.94. The molecule has 3 nitrogen and oxygen atoms in total. The molecule has 4 rings (SSSR count). The zero-order valence-electron chi connectivity index (χ0n) is 16.8. The van der Waals surface area contributed by atoms with E-state index in [-0.39, 0.29) is 12.4 Å². The van der Waals surface area contributed by atoms with Crippen molar-refractivity contribution in [1.82, 2.24) is 14.8 Å². The highest BCUT2D eigenvalue weighted by atomic mass is 35.5. The van der Waals surface area contributed by atoms with Crippen molar-refractivity contribution in [2.24, 2.45) is 11.8 Å². The fourth-order valence-corrected chi connectivity index (χ4v) is 5.11. The lowest BCUT2D eigenvalue weighted by atomic mass is 9.89. The summed E-state index contributed by atoms with van der Waals surface area (Å²) in [5.74, 6) is 1.73. The van der Waals surface area contributed by atoms with Gasteiger partial charge in [-0.05, 0) is 69.3 Å². The van der Waals surface area contributed by atoms with Crippen LogP contribution in [-0.2, 0) is 13.1 Å². The van der Waals surface area contributed by atoms with E-state index in [4.69, 9.17) is 0 Å². The summed E-state index contributed by atoms with van der Waals surface area (Å²) in [5.41, 5.74) is 2.94. The van der Waals surface area contributed by atoms with Gasteiger partial charge in [-0.1, -0.05) is 37.5 Å². The van der Waals surface area contributed by atoms with Gasteiger partial charge in [0.2, 0.25) is 0 Å². The lowest BCUT2D eigenvalue weighted by Crippen LogP contribution is -2.34. The van der Waals surface area contributed by atoms with E-state index in [9.17, 15) is 0 Å². The third-order valence-electron chi connectivity index (χ3n) is 6.52. The van der Waals surface area contributed by atoms with E-state index in [0.717, 1.165) is 18.4 Å². The monoisotopic (exact) mass is 389 g/mol. The van der Waals surface area contributed by atoms with Crippen LogP contribution in [0.4, 0.5) is 0 Å². The van der Waals surface area contributed by atoms with Gasteiger partial charge in [-0.2, -0.15) is 0 Å². The molecular formula is C23H36ClN3. The Morgan fingerprint density at radius 3 is 2.52 bits per heavy atom. The van der Waals surface area contributed by atoms with Gasteiger partial charge in [0.15, 0.2) is 0 Å². The maximum absolute atomic E-state index is 3.48. The molecule has 150 valence electrons. The van der Waals surface area contributed by atoms with Crippen LogP contribution in [0.15, 0.2) is 30.5 Å². The molecule has 0 spiro atoms. The quantitative estimate of drug-likeness (QED) is 0.743. The number of fused-ring (bicyclic) bond motifs is 1. The first-order chi connectivity index (χ1) is 12.8. The zero-order valence-corrected chi connectivity index (χ0v) is 17.6. The third-order valence-corrected chi connectivity index (χ3v) is 6.52. The molecule has 2 aromatic rings. The highest BCUT2D eigenvalue weighted by molar-refractivity contribution is 5.85. The van der Waals surface area contributed by atoms with Gasteiger partial charge in [0.1, 0.15) is 0 Å². The summed E-state index contributed by atoms with van der Waals surface area (Å²) < 4.78 is 2.55. The molecular weight excluding hydrogens is 354 g/mol. The van der Waals surface area contributed by atoms with Crippen molar-refractivity contribution in [3.8, 4) is 0 Å². The molecule has 4 heteroatoms. The lowest BCUT2D eigenvalue weighted by Gasteiger charge is -2.27. The predicted molar refractivity (Wildman–Crippen MR) is 118 cm³/mol. The second kappa shape index (κ2) is 9.95. The second-order valence-corrected chi connectivity index (χ2v) is 8.72. The molecule has 0 amide bonds. The van der Waals surface area contributed by atoms with E-state index >= 15 is 0 Å². The van der Waals surface area contributed by atoms with Crippen LogP contribution in [0.5, 0.6) is 0 Å². The van der Waals surface area contributed by atoms with Crippen molar-refractivity contribution in [3.05, 3.63) is 36.0 Å². The molecule has 1 saturated heterocycles. The molecule has 0 atom stereocenters. The Labute approximate surface area is 170 Å². The number of hydrogen-bond acceptors (Lipinski definition) is 2. The predicted octanol–water partition coefficient (Wildman–Crippen LogP) is 5.07. The fourth-order valence-electron chi connectivity index (χ4n) is 5.11. The van der Waals surface area contributed by atoms with E-state index < -0.39 is 0 Å². The molecule has 1 aliphatic heterocycles. The normalized spacial score (nSPS) is 19.5. The van der Waals surface area contributed by atoms with Crippen LogP contribution < -0.4 is 5.32 Å². The van der Waals surface area contributed by atoms with Crippen molar-refractivity contribution < 1.29 is 0 Å². The van der Waals surface area contributed by atoms with Gasteiger partial charge in [-0.3, -0.25) is 0 Å². The topological polar surface area (TPSA) is 20.2 Å². The Hall–Kier alpha value is -1.03. The Bertz CT molecular complexity index is 699. The van der Waals surface area contributed by atoms with Crippen LogP contribution in [0, 0.1) is 11.8 Å². The standard InChI is InChI=1S/C23H35N3.ClH/c1-25(15-20-11-13-24-14-12-20)17-21-18-26(16-19-7-3-2-4-8-19)23-10-6-5-9-22(21)23;/h5-6,9-10,18-20,24H,2-4,7-8,11-17H2,1H3;1H. The number of benzene rings is 1. The fraction of sp³-hybridized carbons (Fsp3) is 0.652. The van der Waals surface area contributed by atoms with E-state index in [2.05, 4.69) is 52.3 Å². The summed E-state index contributed by atoms with van der Waals surface area (Å²) in [4.78, 5) is 2.54. The summed E-state index contributed by atoms with van der Waals surface area (Å²) in [6.07, 6.45) is 12.2. The van der Waals surface area contributed by atoms with Crippen LogP contribution in [0.1, 0.15) is 50.5 Å². The smallest absolute Gasteiger partial charge is 0.0483 e. The average molecular weight is 390 g/mol. The van der Waals surface area contributed by atoms with Crippen LogP contribution in [0.25, 0.3) is 10.9 Å². The molecule has 0 unspecified atom stereocenters. The van der Waals surface area contributed by atoms with Gasteiger partial charge in [0, 0.05) is 36.7 Å². The average Bonchev–Trinajstić information content (AvgIpc) is 3.01. The van der Waals surface area contributed by atoms with Gasteiger partial charge in [0.25, 0.3) is 0 Å². The molecule has 1 saturated carbocycles. The third kappa shape index (κ3) is 5.28. The Morgan fingerprint density at radius 1 is 1.00 bits per heavy atom. The molecule has 1 aromatic heterocycles. The lowest BCUT2D eigenvalue weighted by molar-refractivity contribution is 0.235. The van der Waals surface area contributed by atoms with Crippen molar-refractivity contribution in [2.45, 2.75) is 58.0 Å². The molecule has 1 N–H and O–H groups in total. The van der Waals surface area contributed by atoms with Gasteiger partial charge in [-0.15, -0.1) is 12.4 Å². The number of aromatic nitrogens is 1. The minimum atomic E-state index is 0. The first-order valence-electron chi connectivity index (χ1n) is 10.8. The summed E-state index contributed by atoms with van der Waals surface area (Å²) in [6, 6.07) is 9.03. The Kier molecular flexibility index (Phi) is 7.63. The minimum Gasteiger partial charge on any atom is -0.347 e. The van der Waals surface area contributed by atoms with Crippen molar-refractivity contribution in [3.63, 3.8) is 0 Å². The molecule has 2 heterocycles. The summed E-state index contributed by atoms with van der Waals surface area (Å²) >= 11 is 0. The maximum atomic E-state index is 3.48. The zero-order chi connectivity index (χ0) is 17.8. The SMILES string of the molecule is CN(Cc1cn(CC2CCCCC2)c2ccccc12)CC1CCNCC1.Cl. The van der Waals surface area contributed by atoms with Crippen LogP contribution in [-0.4, -0.2) is 36.1 Å². The second-order valence-electron chi connectivity index (χ2n) is 8.72. The number of nitrogens with zero attached hydrogens (tertiary/aromatic N) is 2. The van der Waals surface area contributed by atoms with Crippen molar-refractivity contribution in [2.75, 3.05) is 26.7 Å². The summed E-state index contributed by atoms with van der Waals surface area (Å²) in [6.45, 7) is 5.89. The Morgan fingerprint density at radius 2 is 1.74 bits per heavy atom. The Balaban J connectivity index is 0.00000210. The van der Waals surface area contributed by atoms with Gasteiger partial charge >= 0.3 is 0 Å². The van der Waals surface area contributed by atoms with Crippen molar-refractivity contribution in [1.29, 1.82) is 0 Å². The molecule has 27 heavy (non-hydrogen) atoms. The van der Waals surface area contributed by atoms with Crippen LogP contribution >= 0.6 is 12.4 Å². The molecule has 1 aromatic carbocycles. The first-order valence-corrected chi connectivity index (χ1v) is 10.8. The first kappa shape index (κ1) is 20.7. The van der Waals surface area contributed by atoms with Gasteiger partial charge in [-0.25, -0.2) is 0 Å². The minimum absolute atomic E-state index is 0. The molecule has 1 aliphatic carbocycles. The van der Waals surface area contributed by atoms with E-state index in [1.165, 1.54) is 87.6 Å². The largest absolute Gasteiger partial charge is 0.347 e. The maximum Gasteiger partial charge on any atom is 0.0483 e. The van der Waals surface area contributed by atoms with Crippen LogP contribution in [0.2, 0.25) is 0 Å². The number of nitrogens with one attached hydrogen (secondary N) is 1. The summed E-state index contributed by atoms with van der Waals surface area (Å²) in [7, 11) is 2.30. The highest BCUT2D eigenvalue weighted by Crippen LogP contribution is 2.29. The molecule has 2 aliphatic rings. The molecule has 0 radical (unpaired) electrons. The molecule has 2 fully saturated rings. The van der Waals surface area contributed by atoms with Crippen molar-refractivity contribution >= 4 is 23.3 Å². The van der Waals surface area contributed by atoms with E-state index in [0.29, 0.717) is 0 Å². The van der Waals surface area contributed by atoms with E-state index in [1.807, 2.05) is 0 Å². The number of para-hydroxylation sites is 1. The van der Waals surface area contributed by atoms with Crippen LogP contribution in [0.3, 0.4) is 0 Å².